The SMILES string of the molecule is COc1cccc(C(=O)Nc2nc(=O)n(C)s2)c1. The lowest BCUT2D eigenvalue weighted by Crippen LogP contribution is -2.14. The molecule has 7 heteroatoms. The smallest absolute Gasteiger partial charge is 0.359 e. The number of hydrogen-bond acceptors (Lipinski definition) is 5. The van der Waals surface area contributed by atoms with Gasteiger partial charge in [0, 0.05) is 12.6 Å². The summed E-state index contributed by atoms with van der Waals surface area (Å²) < 4.78 is 6.37. The number of nitrogens with zero attached hydrogens (tertiary/aromatic N) is 2. The maximum Gasteiger partial charge on any atom is 0.359 e. The van der Waals surface area contributed by atoms with Gasteiger partial charge in [-0.05, 0) is 29.7 Å². The van der Waals surface area contributed by atoms with Gasteiger partial charge in [0.05, 0.1) is 7.11 Å². The van der Waals surface area contributed by atoms with Crippen molar-refractivity contribution >= 4 is 22.6 Å². The van der Waals surface area contributed by atoms with Crippen molar-refractivity contribution < 1.29 is 9.53 Å². The summed E-state index contributed by atoms with van der Waals surface area (Å²) in [5, 5.41) is 2.84. The number of carbonyl (C=O) groups is 1. The average molecular weight is 265 g/mol. The van der Waals surface area contributed by atoms with E-state index in [9.17, 15) is 9.59 Å². The van der Waals surface area contributed by atoms with Crippen LogP contribution >= 0.6 is 11.5 Å². The van der Waals surface area contributed by atoms with Crippen molar-refractivity contribution in [3.8, 4) is 5.75 Å². The molecule has 0 unspecified atom stereocenters. The fourth-order valence-electron chi connectivity index (χ4n) is 1.33. The molecule has 94 valence electrons. The van der Waals surface area contributed by atoms with Crippen LogP contribution in [0.2, 0.25) is 0 Å². The Balaban J connectivity index is 2.18. The van der Waals surface area contributed by atoms with Gasteiger partial charge in [-0.25, -0.2) is 8.75 Å². The maximum atomic E-state index is 11.9. The summed E-state index contributed by atoms with van der Waals surface area (Å²) in [5.41, 5.74) is 0.0561. The zero-order valence-corrected chi connectivity index (χ0v) is 10.7. The van der Waals surface area contributed by atoms with E-state index in [1.807, 2.05) is 0 Å². The molecule has 1 amide bonds. The molecule has 0 spiro atoms. The van der Waals surface area contributed by atoms with E-state index in [2.05, 4.69) is 10.3 Å². The van der Waals surface area contributed by atoms with E-state index in [-0.39, 0.29) is 16.7 Å². The molecule has 6 nitrogen and oxygen atoms in total. The Labute approximate surface area is 107 Å². The average Bonchev–Trinajstić information content (AvgIpc) is 2.68. The molecule has 1 aromatic heterocycles. The molecule has 0 fully saturated rings. The first kappa shape index (κ1) is 12.3. The first-order chi connectivity index (χ1) is 8.60. The molecule has 0 aliphatic carbocycles. The number of amides is 1. The maximum absolute atomic E-state index is 11.9. The van der Waals surface area contributed by atoms with Gasteiger partial charge in [-0.1, -0.05) is 6.07 Å². The molecule has 0 atom stereocenters. The van der Waals surface area contributed by atoms with Gasteiger partial charge < -0.3 is 4.74 Å². The van der Waals surface area contributed by atoms with E-state index in [1.165, 1.54) is 11.1 Å². The van der Waals surface area contributed by atoms with Crippen LogP contribution in [-0.2, 0) is 7.05 Å². The lowest BCUT2D eigenvalue weighted by molar-refractivity contribution is 0.102. The summed E-state index contributed by atoms with van der Waals surface area (Å²) in [7, 11) is 3.11. The van der Waals surface area contributed by atoms with E-state index in [1.54, 1.807) is 31.3 Å². The number of ether oxygens (including phenoxy) is 1. The van der Waals surface area contributed by atoms with Crippen molar-refractivity contribution in [2.45, 2.75) is 0 Å². The quantitative estimate of drug-likeness (QED) is 0.902. The van der Waals surface area contributed by atoms with Crippen LogP contribution in [0, 0.1) is 0 Å². The summed E-state index contributed by atoms with van der Waals surface area (Å²) in [4.78, 5) is 26.7. The fourth-order valence-corrected chi connectivity index (χ4v) is 1.97. The summed E-state index contributed by atoms with van der Waals surface area (Å²) in [6, 6.07) is 6.73. The molecule has 1 N–H and O–H groups in total. The molecular formula is C11H11N3O3S. The Morgan fingerprint density at radius 3 is 2.89 bits per heavy atom. The Morgan fingerprint density at radius 1 is 1.50 bits per heavy atom. The molecule has 1 heterocycles. The number of rotatable bonds is 3. The Kier molecular flexibility index (Phi) is 3.42. The van der Waals surface area contributed by atoms with E-state index < -0.39 is 0 Å². The second-order valence-electron chi connectivity index (χ2n) is 3.47. The van der Waals surface area contributed by atoms with E-state index >= 15 is 0 Å². The van der Waals surface area contributed by atoms with E-state index in [4.69, 9.17) is 4.74 Å². The van der Waals surface area contributed by atoms with Crippen LogP contribution in [0.5, 0.6) is 5.75 Å². The highest BCUT2D eigenvalue weighted by molar-refractivity contribution is 7.10. The number of nitrogens with one attached hydrogen (secondary N) is 1. The highest BCUT2D eigenvalue weighted by Gasteiger charge is 2.10. The fraction of sp³-hybridized carbons (Fsp3) is 0.182. The Hall–Kier alpha value is -2.15. The summed E-state index contributed by atoms with van der Waals surface area (Å²) in [6.45, 7) is 0. The second-order valence-corrected chi connectivity index (χ2v) is 4.59. The zero-order chi connectivity index (χ0) is 13.1. The minimum atomic E-state index is -0.388. The van der Waals surface area contributed by atoms with E-state index in [0.717, 1.165) is 11.5 Å². The van der Waals surface area contributed by atoms with Crippen molar-refractivity contribution in [3.05, 3.63) is 40.3 Å². The van der Waals surface area contributed by atoms with Crippen LogP contribution < -0.4 is 15.7 Å². The topological polar surface area (TPSA) is 73.2 Å². The number of methoxy groups -OCH3 is 1. The standard InChI is InChI=1S/C11H11N3O3S/c1-14-11(16)13-10(18-14)12-9(15)7-4-3-5-8(6-7)17-2/h3-6H,1-2H3,(H,12,13,15,16). The summed E-state index contributed by atoms with van der Waals surface area (Å²) >= 11 is 1.08. The molecule has 0 saturated carbocycles. The van der Waals surface area contributed by atoms with E-state index in [0.29, 0.717) is 11.3 Å². The zero-order valence-electron chi connectivity index (χ0n) is 9.84. The van der Waals surface area contributed by atoms with Gasteiger partial charge in [0.25, 0.3) is 5.91 Å². The van der Waals surface area contributed by atoms with Gasteiger partial charge in [-0.15, -0.1) is 0 Å². The molecule has 0 radical (unpaired) electrons. The molecule has 0 aliphatic heterocycles. The molecule has 0 saturated heterocycles. The Bertz CT molecular complexity index is 632. The molecule has 1 aromatic carbocycles. The number of carbonyl (C=O) groups excluding carboxylic acids is 1. The van der Waals surface area contributed by atoms with Crippen molar-refractivity contribution in [2.75, 3.05) is 12.4 Å². The number of hydrogen-bond donors (Lipinski definition) is 1. The molecular weight excluding hydrogens is 254 g/mol. The molecule has 2 rings (SSSR count). The highest BCUT2D eigenvalue weighted by atomic mass is 32.1. The van der Waals surface area contributed by atoms with Crippen LogP contribution in [0.15, 0.2) is 29.1 Å². The van der Waals surface area contributed by atoms with Crippen LogP contribution in [0.3, 0.4) is 0 Å². The Morgan fingerprint density at radius 2 is 2.28 bits per heavy atom. The van der Waals surface area contributed by atoms with Crippen molar-refractivity contribution in [1.82, 2.24) is 8.94 Å². The van der Waals surface area contributed by atoms with Gasteiger partial charge in [0.1, 0.15) is 5.75 Å². The predicted molar refractivity (Wildman–Crippen MR) is 68.3 cm³/mol. The first-order valence-corrected chi connectivity index (χ1v) is 5.87. The van der Waals surface area contributed by atoms with Crippen LogP contribution in [0.1, 0.15) is 10.4 Å². The molecule has 0 bridgehead atoms. The molecule has 18 heavy (non-hydrogen) atoms. The van der Waals surface area contributed by atoms with Crippen molar-refractivity contribution in [3.63, 3.8) is 0 Å². The lowest BCUT2D eigenvalue weighted by atomic mass is 10.2. The van der Waals surface area contributed by atoms with Crippen molar-refractivity contribution in [1.29, 1.82) is 0 Å². The third kappa shape index (κ3) is 2.57. The van der Waals surface area contributed by atoms with Gasteiger partial charge in [0.2, 0.25) is 5.13 Å². The molecule has 0 aliphatic rings. The summed E-state index contributed by atoms with van der Waals surface area (Å²) in [5.74, 6) is 0.264. The molecule has 2 aromatic rings. The van der Waals surface area contributed by atoms with Gasteiger partial charge in [0.15, 0.2) is 0 Å². The third-order valence-corrected chi connectivity index (χ3v) is 3.04. The number of aryl methyl sites for hydroxylation is 1. The van der Waals surface area contributed by atoms with Gasteiger partial charge in [-0.2, -0.15) is 4.98 Å². The number of benzene rings is 1. The summed E-state index contributed by atoms with van der Waals surface area (Å²) in [6.07, 6.45) is 0. The normalized spacial score (nSPS) is 10.1. The predicted octanol–water partition coefficient (Wildman–Crippen LogP) is 1.10. The first-order valence-electron chi connectivity index (χ1n) is 5.10. The van der Waals surface area contributed by atoms with Crippen LogP contribution in [0.4, 0.5) is 5.13 Å². The van der Waals surface area contributed by atoms with Crippen LogP contribution in [-0.4, -0.2) is 22.0 Å². The van der Waals surface area contributed by atoms with Crippen LogP contribution in [0.25, 0.3) is 0 Å². The third-order valence-electron chi connectivity index (χ3n) is 2.24. The lowest BCUT2D eigenvalue weighted by Gasteiger charge is -2.03. The van der Waals surface area contributed by atoms with Gasteiger partial charge >= 0.3 is 5.69 Å². The number of anilines is 1. The highest BCUT2D eigenvalue weighted by Crippen LogP contribution is 2.15. The number of aromatic nitrogens is 2. The van der Waals surface area contributed by atoms with Gasteiger partial charge in [-0.3, -0.25) is 10.1 Å². The monoisotopic (exact) mass is 265 g/mol. The minimum Gasteiger partial charge on any atom is -0.497 e. The largest absolute Gasteiger partial charge is 0.497 e. The minimum absolute atomic E-state index is 0.273. The second kappa shape index (κ2) is 5.01. The van der Waals surface area contributed by atoms with Crippen molar-refractivity contribution in [2.24, 2.45) is 7.05 Å².